The summed E-state index contributed by atoms with van der Waals surface area (Å²) in [7, 11) is 0. The quantitative estimate of drug-likeness (QED) is 0.871. The second kappa shape index (κ2) is 6.87. The Balaban J connectivity index is 1.32. The fourth-order valence-corrected chi connectivity index (χ4v) is 4.34. The van der Waals surface area contributed by atoms with Crippen molar-refractivity contribution in [2.45, 2.75) is 70.1 Å². The molecule has 5 heteroatoms. The van der Waals surface area contributed by atoms with Crippen molar-refractivity contribution >= 4 is 11.6 Å². The van der Waals surface area contributed by atoms with Crippen molar-refractivity contribution in [3.63, 3.8) is 0 Å². The lowest BCUT2D eigenvalue weighted by molar-refractivity contribution is -0.115. The molecule has 1 heterocycles. The molecule has 1 amide bonds. The average Bonchev–Trinajstić information content (AvgIpc) is 3.20. The molecule has 3 aliphatic rings. The van der Waals surface area contributed by atoms with Crippen LogP contribution in [0.3, 0.4) is 0 Å². The zero-order valence-corrected chi connectivity index (χ0v) is 15.0. The molecule has 2 fully saturated rings. The Morgan fingerprint density at radius 2 is 1.88 bits per heavy atom. The van der Waals surface area contributed by atoms with Crippen molar-refractivity contribution in [1.29, 1.82) is 0 Å². The van der Waals surface area contributed by atoms with E-state index < -0.39 is 5.79 Å². The third-order valence-electron chi connectivity index (χ3n) is 5.82. The Kier molecular flexibility index (Phi) is 4.59. The van der Waals surface area contributed by atoms with Crippen LogP contribution in [0.5, 0.6) is 11.5 Å². The molecule has 5 nitrogen and oxygen atoms in total. The van der Waals surface area contributed by atoms with Crippen LogP contribution in [0.1, 0.15) is 58.3 Å². The van der Waals surface area contributed by atoms with E-state index in [4.69, 9.17) is 9.47 Å². The zero-order valence-electron chi connectivity index (χ0n) is 15.0. The van der Waals surface area contributed by atoms with Crippen molar-refractivity contribution in [1.82, 2.24) is 5.32 Å². The number of amides is 1. The minimum absolute atomic E-state index is 0.00721. The summed E-state index contributed by atoms with van der Waals surface area (Å²) >= 11 is 0. The molecule has 1 aromatic rings. The fourth-order valence-electron chi connectivity index (χ4n) is 4.34. The number of ether oxygens (including phenoxy) is 2. The number of fused-ring (bicyclic) bond motifs is 1. The van der Waals surface area contributed by atoms with E-state index >= 15 is 0 Å². The topological polar surface area (TPSA) is 59.6 Å². The number of hydrogen-bond donors (Lipinski definition) is 2. The van der Waals surface area contributed by atoms with Gasteiger partial charge < -0.3 is 20.1 Å². The van der Waals surface area contributed by atoms with Crippen LogP contribution in [0.2, 0.25) is 0 Å². The van der Waals surface area contributed by atoms with Gasteiger partial charge >= 0.3 is 0 Å². The van der Waals surface area contributed by atoms with Gasteiger partial charge in [0.2, 0.25) is 5.91 Å². The second-order valence-electron chi connectivity index (χ2n) is 7.78. The molecular weight excluding hydrogens is 316 g/mol. The molecule has 0 radical (unpaired) electrons. The first kappa shape index (κ1) is 16.7. The molecule has 2 aliphatic carbocycles. The van der Waals surface area contributed by atoms with E-state index in [-0.39, 0.29) is 5.91 Å². The minimum atomic E-state index is -0.455. The van der Waals surface area contributed by atoms with Gasteiger partial charge in [0, 0.05) is 30.6 Å². The first-order valence-electron chi connectivity index (χ1n) is 9.69. The van der Waals surface area contributed by atoms with E-state index in [1.54, 1.807) is 0 Å². The van der Waals surface area contributed by atoms with Crippen molar-refractivity contribution < 1.29 is 14.3 Å². The number of carbonyl (C=O) groups excluding carboxylic acids is 1. The lowest BCUT2D eigenvalue weighted by Crippen LogP contribution is -2.41. The van der Waals surface area contributed by atoms with Crippen LogP contribution < -0.4 is 20.1 Å². The summed E-state index contributed by atoms with van der Waals surface area (Å²) in [6.07, 6.45) is 9.15. The molecule has 0 saturated heterocycles. The molecular formula is C20H28N2O3. The van der Waals surface area contributed by atoms with Gasteiger partial charge in [-0.3, -0.25) is 4.79 Å². The lowest BCUT2D eigenvalue weighted by atomic mass is 9.86. The van der Waals surface area contributed by atoms with E-state index in [0.717, 1.165) is 42.9 Å². The molecule has 1 aliphatic heterocycles. The smallest absolute Gasteiger partial charge is 0.251 e. The van der Waals surface area contributed by atoms with Crippen LogP contribution in [0.25, 0.3) is 0 Å². The number of anilines is 1. The molecule has 136 valence electrons. The number of nitrogens with one attached hydrogen (secondary N) is 2. The fraction of sp³-hybridized carbons (Fsp3) is 0.650. The standard InChI is InChI=1S/C20H28N2O3/c1-14-6-2-3-7-16(14)21-13-19(23)22-15-8-9-17-18(12-15)25-20(24-17)10-4-5-11-20/h8-9,12,14,16,21H,2-7,10-11,13H2,1H3,(H,22,23). The van der Waals surface area contributed by atoms with Gasteiger partial charge in [-0.05, 0) is 43.7 Å². The van der Waals surface area contributed by atoms with Gasteiger partial charge in [-0.15, -0.1) is 0 Å². The Morgan fingerprint density at radius 3 is 2.68 bits per heavy atom. The Hall–Kier alpha value is -1.75. The van der Waals surface area contributed by atoms with E-state index in [9.17, 15) is 4.79 Å². The number of benzene rings is 1. The van der Waals surface area contributed by atoms with Gasteiger partial charge in [0.25, 0.3) is 5.79 Å². The Morgan fingerprint density at radius 1 is 1.12 bits per heavy atom. The summed E-state index contributed by atoms with van der Waals surface area (Å²) in [5.74, 6) is 1.72. The first-order chi connectivity index (χ1) is 12.1. The normalized spacial score (nSPS) is 26.8. The highest BCUT2D eigenvalue weighted by Crippen LogP contribution is 2.47. The van der Waals surface area contributed by atoms with Crippen molar-refractivity contribution in [3.8, 4) is 11.5 Å². The maximum absolute atomic E-state index is 12.3. The monoisotopic (exact) mass is 344 g/mol. The molecule has 4 rings (SSSR count). The van der Waals surface area contributed by atoms with Crippen LogP contribution in [0.4, 0.5) is 5.69 Å². The maximum atomic E-state index is 12.3. The molecule has 2 N–H and O–H groups in total. The van der Waals surface area contributed by atoms with Crippen molar-refractivity contribution in [2.24, 2.45) is 5.92 Å². The summed E-state index contributed by atoms with van der Waals surface area (Å²) in [5.41, 5.74) is 0.765. The predicted octanol–water partition coefficient (Wildman–Crippen LogP) is 3.83. The minimum Gasteiger partial charge on any atom is -0.448 e. The Bertz CT molecular complexity index is 640. The summed E-state index contributed by atoms with van der Waals surface area (Å²) in [5, 5.41) is 6.38. The average molecular weight is 344 g/mol. The number of carbonyl (C=O) groups is 1. The van der Waals surface area contributed by atoms with Gasteiger partial charge in [-0.1, -0.05) is 19.8 Å². The van der Waals surface area contributed by atoms with Gasteiger partial charge in [0.05, 0.1) is 6.54 Å². The molecule has 2 unspecified atom stereocenters. The molecule has 2 saturated carbocycles. The Labute approximate surface area is 149 Å². The summed E-state index contributed by atoms with van der Waals surface area (Å²) in [6.45, 7) is 2.62. The highest BCUT2D eigenvalue weighted by molar-refractivity contribution is 5.92. The third-order valence-corrected chi connectivity index (χ3v) is 5.82. The summed E-state index contributed by atoms with van der Waals surface area (Å²) in [6, 6.07) is 6.12. The molecule has 1 spiro atoms. The highest BCUT2D eigenvalue weighted by atomic mass is 16.7. The summed E-state index contributed by atoms with van der Waals surface area (Å²) in [4.78, 5) is 12.3. The largest absolute Gasteiger partial charge is 0.448 e. The highest BCUT2D eigenvalue weighted by Gasteiger charge is 2.44. The molecule has 2 atom stereocenters. The zero-order chi connectivity index (χ0) is 17.3. The van der Waals surface area contributed by atoms with Gasteiger partial charge in [-0.2, -0.15) is 0 Å². The maximum Gasteiger partial charge on any atom is 0.251 e. The number of rotatable bonds is 4. The van der Waals surface area contributed by atoms with Gasteiger partial charge in [0.15, 0.2) is 11.5 Å². The van der Waals surface area contributed by atoms with E-state index in [1.807, 2.05) is 18.2 Å². The summed E-state index contributed by atoms with van der Waals surface area (Å²) < 4.78 is 12.1. The molecule has 0 aromatic heterocycles. The van der Waals surface area contributed by atoms with E-state index in [0.29, 0.717) is 18.5 Å². The first-order valence-corrected chi connectivity index (χ1v) is 9.69. The van der Waals surface area contributed by atoms with Crippen molar-refractivity contribution in [2.75, 3.05) is 11.9 Å². The third kappa shape index (κ3) is 3.61. The predicted molar refractivity (Wildman–Crippen MR) is 96.9 cm³/mol. The SMILES string of the molecule is CC1CCCCC1NCC(=O)Nc1ccc2c(c1)OC1(CCCC1)O2. The van der Waals surface area contributed by atoms with Crippen LogP contribution >= 0.6 is 0 Å². The van der Waals surface area contributed by atoms with Crippen LogP contribution in [-0.4, -0.2) is 24.3 Å². The van der Waals surface area contributed by atoms with Gasteiger partial charge in [-0.25, -0.2) is 0 Å². The van der Waals surface area contributed by atoms with Crippen molar-refractivity contribution in [3.05, 3.63) is 18.2 Å². The molecule has 1 aromatic carbocycles. The lowest BCUT2D eigenvalue weighted by Gasteiger charge is -2.29. The van der Waals surface area contributed by atoms with E-state index in [2.05, 4.69) is 17.6 Å². The van der Waals surface area contributed by atoms with Crippen LogP contribution in [0.15, 0.2) is 18.2 Å². The molecule has 25 heavy (non-hydrogen) atoms. The number of hydrogen-bond acceptors (Lipinski definition) is 4. The van der Waals surface area contributed by atoms with Crippen LogP contribution in [-0.2, 0) is 4.79 Å². The van der Waals surface area contributed by atoms with Crippen LogP contribution in [0, 0.1) is 5.92 Å². The second-order valence-corrected chi connectivity index (χ2v) is 7.78. The van der Waals surface area contributed by atoms with Gasteiger partial charge in [0.1, 0.15) is 0 Å². The molecule has 0 bridgehead atoms. The van der Waals surface area contributed by atoms with E-state index in [1.165, 1.54) is 25.7 Å².